The number of fused-ring (bicyclic) bond motifs is 1. The number of methoxy groups -OCH3 is 1. The average Bonchev–Trinajstić information content (AvgIpc) is 3.19. The number of carboxylic acid groups (broad SMARTS) is 1. The second kappa shape index (κ2) is 9.67. The van der Waals surface area contributed by atoms with Crippen LogP contribution >= 0.6 is 0 Å². The van der Waals surface area contributed by atoms with Crippen molar-refractivity contribution in [2.75, 3.05) is 7.11 Å². The van der Waals surface area contributed by atoms with Gasteiger partial charge in [-0.1, -0.05) is 13.8 Å². The zero-order chi connectivity index (χ0) is 27.0. The fourth-order valence-corrected chi connectivity index (χ4v) is 3.48. The first kappa shape index (κ1) is 26.8. The number of hydrogen-bond donors (Lipinski definition) is 2. The molecule has 0 aliphatic heterocycles. The summed E-state index contributed by atoms with van der Waals surface area (Å²) in [6, 6.07) is 3.92. The van der Waals surface area contributed by atoms with Crippen molar-refractivity contribution in [3.8, 4) is 17.2 Å². The molecule has 12 heteroatoms. The van der Waals surface area contributed by atoms with Gasteiger partial charge in [-0.3, -0.25) is 0 Å². The number of alkyl carbamates (subject to hydrolysis) is 1. The Morgan fingerprint density at radius 3 is 2.28 bits per heavy atom. The number of alkyl halides is 3. The number of aromatic carboxylic acids is 1. The third-order valence-electron chi connectivity index (χ3n) is 5.04. The van der Waals surface area contributed by atoms with Crippen LogP contribution in [0.3, 0.4) is 0 Å². The highest BCUT2D eigenvalue weighted by Crippen LogP contribution is 2.38. The smallest absolute Gasteiger partial charge is 0.433 e. The Bertz CT molecular complexity index is 1290. The van der Waals surface area contributed by atoms with E-state index in [1.54, 1.807) is 34.6 Å². The maximum Gasteiger partial charge on any atom is 0.433 e. The van der Waals surface area contributed by atoms with Gasteiger partial charge in [-0.2, -0.15) is 13.2 Å². The highest BCUT2D eigenvalue weighted by Gasteiger charge is 2.34. The highest BCUT2D eigenvalue weighted by molar-refractivity contribution is 5.97. The van der Waals surface area contributed by atoms with Crippen LogP contribution in [0, 0.1) is 5.92 Å². The summed E-state index contributed by atoms with van der Waals surface area (Å²) in [6.07, 6.45) is -5.46. The number of amides is 1. The van der Waals surface area contributed by atoms with Crippen molar-refractivity contribution in [1.29, 1.82) is 0 Å². The average molecular weight is 509 g/mol. The van der Waals surface area contributed by atoms with Crippen molar-refractivity contribution in [2.24, 2.45) is 5.92 Å². The molecular weight excluding hydrogens is 483 g/mol. The first-order valence-electron chi connectivity index (χ1n) is 10.9. The molecule has 3 rings (SSSR count). The normalized spacial score (nSPS) is 13.1. The molecular formula is C24H26F3N3O6. The molecule has 0 radical (unpaired) electrons. The number of aromatic nitrogens is 2. The number of benzene rings is 1. The minimum atomic E-state index is -4.68. The Hall–Kier alpha value is -3.83. The number of ether oxygens (including phenoxy) is 2. The number of halogens is 3. The lowest BCUT2D eigenvalue weighted by atomic mass is 10.0. The van der Waals surface area contributed by atoms with Gasteiger partial charge in [-0.05, 0) is 51.0 Å². The topological polar surface area (TPSA) is 124 Å². The molecule has 2 N–H and O–H groups in total. The molecule has 0 saturated heterocycles. The molecule has 0 aliphatic carbocycles. The zero-order valence-electron chi connectivity index (χ0n) is 20.5. The van der Waals surface area contributed by atoms with Gasteiger partial charge in [0.2, 0.25) is 5.89 Å². The Kier molecular flexibility index (Phi) is 7.19. The van der Waals surface area contributed by atoms with Gasteiger partial charge in [0.1, 0.15) is 22.6 Å². The Balaban J connectivity index is 2.16. The summed E-state index contributed by atoms with van der Waals surface area (Å²) in [5.74, 6) is -1.97. The summed E-state index contributed by atoms with van der Waals surface area (Å²) < 4.78 is 56.0. The van der Waals surface area contributed by atoms with Gasteiger partial charge in [-0.25, -0.2) is 19.6 Å². The summed E-state index contributed by atoms with van der Waals surface area (Å²) >= 11 is 0. The number of carbonyl (C=O) groups is 2. The largest absolute Gasteiger partial charge is 0.494 e. The molecule has 0 aliphatic rings. The van der Waals surface area contributed by atoms with Crippen LogP contribution < -0.4 is 10.1 Å². The molecule has 194 valence electrons. The van der Waals surface area contributed by atoms with Crippen molar-refractivity contribution < 1.29 is 41.8 Å². The standard InChI is InChI=1S/C24H26F3N3O6/c1-11(2)16(30-22(33)36-23(3,4)5)19-18(21(31)32)29-20(35-19)13-7-9-14(34-6)17-12(13)8-10-15(28-17)24(25,26)27/h7-11,16H,1-6H3,(H,30,33)(H,31,32)/t16-/m0/s1. The predicted octanol–water partition coefficient (Wildman–Crippen LogP) is 5.84. The van der Waals surface area contributed by atoms with Crippen molar-refractivity contribution >= 4 is 23.0 Å². The van der Waals surface area contributed by atoms with E-state index < -0.39 is 41.3 Å². The summed E-state index contributed by atoms with van der Waals surface area (Å²) in [5, 5.41) is 12.6. The van der Waals surface area contributed by atoms with Crippen LogP contribution in [0.15, 0.2) is 28.7 Å². The molecule has 9 nitrogen and oxygen atoms in total. The van der Waals surface area contributed by atoms with E-state index in [-0.39, 0.29) is 39.8 Å². The van der Waals surface area contributed by atoms with Crippen molar-refractivity contribution in [1.82, 2.24) is 15.3 Å². The molecule has 1 amide bonds. The minimum absolute atomic E-state index is 0.0803. The van der Waals surface area contributed by atoms with E-state index in [4.69, 9.17) is 13.9 Å². The lowest BCUT2D eigenvalue weighted by Crippen LogP contribution is -2.37. The number of nitrogens with one attached hydrogen (secondary N) is 1. The summed E-state index contributed by atoms with van der Waals surface area (Å²) in [4.78, 5) is 32.2. The van der Waals surface area contributed by atoms with E-state index in [0.717, 1.165) is 6.07 Å². The molecule has 2 aromatic heterocycles. The summed E-state index contributed by atoms with van der Waals surface area (Å²) in [7, 11) is 1.29. The zero-order valence-corrected chi connectivity index (χ0v) is 20.5. The van der Waals surface area contributed by atoms with E-state index in [1.807, 2.05) is 0 Å². The molecule has 1 atom stereocenters. The van der Waals surface area contributed by atoms with Crippen LogP contribution in [0.5, 0.6) is 5.75 Å². The second-order valence-corrected chi connectivity index (χ2v) is 9.31. The summed E-state index contributed by atoms with van der Waals surface area (Å²) in [5.41, 5.74) is -2.28. The van der Waals surface area contributed by atoms with Crippen LogP contribution in [0.1, 0.15) is 62.6 Å². The van der Waals surface area contributed by atoms with Gasteiger partial charge in [-0.15, -0.1) is 0 Å². The Labute approximate surface area is 204 Å². The van der Waals surface area contributed by atoms with Gasteiger partial charge < -0.3 is 24.3 Å². The van der Waals surface area contributed by atoms with Gasteiger partial charge >= 0.3 is 18.2 Å². The van der Waals surface area contributed by atoms with E-state index in [2.05, 4.69) is 15.3 Å². The molecule has 0 bridgehead atoms. The van der Waals surface area contributed by atoms with E-state index in [1.165, 1.54) is 25.3 Å². The van der Waals surface area contributed by atoms with Crippen LogP contribution in [-0.4, -0.2) is 39.8 Å². The molecule has 36 heavy (non-hydrogen) atoms. The number of nitrogens with zero attached hydrogens (tertiary/aromatic N) is 2. The van der Waals surface area contributed by atoms with Crippen LogP contribution in [0.25, 0.3) is 22.4 Å². The fraction of sp³-hybridized carbons (Fsp3) is 0.417. The third kappa shape index (κ3) is 5.69. The van der Waals surface area contributed by atoms with Gasteiger partial charge in [0.15, 0.2) is 11.5 Å². The van der Waals surface area contributed by atoms with E-state index in [9.17, 15) is 27.9 Å². The third-order valence-corrected chi connectivity index (χ3v) is 5.04. The van der Waals surface area contributed by atoms with Crippen LogP contribution in [0.2, 0.25) is 0 Å². The number of oxazole rings is 1. The molecule has 3 aromatic rings. The van der Waals surface area contributed by atoms with E-state index in [0.29, 0.717) is 0 Å². The minimum Gasteiger partial charge on any atom is -0.494 e. The highest BCUT2D eigenvalue weighted by atomic mass is 19.4. The Morgan fingerprint density at radius 2 is 1.75 bits per heavy atom. The number of hydrogen-bond acceptors (Lipinski definition) is 7. The maximum absolute atomic E-state index is 13.2. The molecule has 1 aromatic carbocycles. The monoisotopic (exact) mass is 509 g/mol. The van der Waals surface area contributed by atoms with Crippen LogP contribution in [0.4, 0.5) is 18.0 Å². The molecule has 0 fully saturated rings. The second-order valence-electron chi connectivity index (χ2n) is 9.31. The van der Waals surface area contributed by atoms with Crippen molar-refractivity contribution in [2.45, 2.75) is 52.4 Å². The number of carboxylic acids is 1. The van der Waals surface area contributed by atoms with E-state index >= 15 is 0 Å². The molecule has 2 heterocycles. The predicted molar refractivity (Wildman–Crippen MR) is 123 cm³/mol. The van der Waals surface area contributed by atoms with Crippen molar-refractivity contribution in [3.05, 3.63) is 41.4 Å². The maximum atomic E-state index is 13.2. The SMILES string of the molecule is COc1ccc(-c2nc(C(=O)O)c([C@@H](NC(=O)OC(C)(C)C)C(C)C)o2)c2ccc(C(F)(F)F)nc12. The van der Waals surface area contributed by atoms with Crippen molar-refractivity contribution in [3.63, 3.8) is 0 Å². The molecule has 0 saturated carbocycles. The number of rotatable bonds is 6. The number of carbonyl (C=O) groups excluding carboxylic acids is 1. The lowest BCUT2D eigenvalue weighted by Gasteiger charge is -2.24. The fourth-order valence-electron chi connectivity index (χ4n) is 3.48. The molecule has 0 spiro atoms. The van der Waals surface area contributed by atoms with Gasteiger partial charge in [0.05, 0.1) is 13.2 Å². The molecule has 0 unspecified atom stereocenters. The quantitative estimate of drug-likeness (QED) is 0.425. The summed E-state index contributed by atoms with van der Waals surface area (Å²) in [6.45, 7) is 8.51. The number of pyridine rings is 1. The van der Waals surface area contributed by atoms with Crippen LogP contribution in [-0.2, 0) is 10.9 Å². The lowest BCUT2D eigenvalue weighted by molar-refractivity contribution is -0.140. The van der Waals surface area contributed by atoms with Gasteiger partial charge in [0, 0.05) is 10.9 Å². The Morgan fingerprint density at radius 1 is 1.08 bits per heavy atom. The van der Waals surface area contributed by atoms with Gasteiger partial charge in [0.25, 0.3) is 0 Å². The first-order valence-corrected chi connectivity index (χ1v) is 10.9. The first-order chi connectivity index (χ1) is 16.6.